The van der Waals surface area contributed by atoms with E-state index >= 15 is 0 Å². The molecule has 8 aromatic rings. The van der Waals surface area contributed by atoms with Gasteiger partial charge in [-0.3, -0.25) is 9.78 Å². The average Bonchev–Trinajstić information content (AvgIpc) is 4.08. The fraction of sp³-hybridized carbons (Fsp3) is 0.214. The molecule has 0 amide bonds. The summed E-state index contributed by atoms with van der Waals surface area (Å²) >= 11 is 3.36. The molecule has 61 heavy (non-hydrogen) atoms. The van der Waals surface area contributed by atoms with Gasteiger partial charge in [0.25, 0.3) is 11.8 Å². The van der Waals surface area contributed by atoms with Gasteiger partial charge >= 0.3 is 18.9 Å². The third-order valence-corrected chi connectivity index (χ3v) is 7.86. The number of nitrogens with one attached hydrogen (secondary N) is 1. The minimum absolute atomic E-state index is 0. The Kier molecular flexibility index (Phi) is 23.4. The van der Waals surface area contributed by atoms with Crippen molar-refractivity contribution in [1.82, 2.24) is 50.2 Å². The van der Waals surface area contributed by atoms with Crippen LogP contribution in [-0.4, -0.2) is 64.4 Å². The summed E-state index contributed by atoms with van der Waals surface area (Å²) in [5.41, 5.74) is 5.94. The Hall–Kier alpha value is -6.06. The van der Waals surface area contributed by atoms with Gasteiger partial charge in [0.2, 0.25) is 11.6 Å². The molecule has 0 aliphatic rings. The topological polar surface area (TPSA) is 202 Å². The van der Waals surface area contributed by atoms with Crippen molar-refractivity contribution in [3.05, 3.63) is 139 Å². The molecule has 0 saturated carbocycles. The molecule has 4 N–H and O–H groups in total. The summed E-state index contributed by atoms with van der Waals surface area (Å²) in [6.45, 7) is 6.78. The molecule has 19 heteroatoms. The first-order valence-electron chi connectivity index (χ1n) is 17.2. The Morgan fingerprint density at radius 3 is 1.70 bits per heavy atom. The van der Waals surface area contributed by atoms with Gasteiger partial charge in [0.1, 0.15) is 41.0 Å². The Balaban J connectivity index is 0.000000467. The second-order valence-electron chi connectivity index (χ2n) is 12.2. The molecule has 0 unspecified atom stereocenters. The van der Waals surface area contributed by atoms with Gasteiger partial charge in [-0.1, -0.05) is 102 Å². The molecule has 2 aromatic carbocycles. The molecular weight excluding hydrogens is 849 g/mol. The van der Waals surface area contributed by atoms with Crippen molar-refractivity contribution in [3.63, 3.8) is 0 Å². The van der Waals surface area contributed by atoms with Crippen LogP contribution in [-0.2, 0) is 17.4 Å². The standard InChI is InChI=1S/C18H14FN5O2.C11H8FN5O2.C7H7Br.C4H9.2CH4.Li.H2O/c1-25-18-13(19)10-20-17(21-18)15-9-16(14-7-8-26-23-14)24(22-15)11-12-5-3-2-4-6-12;1-18-11-6(12)5-13-10(14-11)9-4-8(15-16-9)7-2-3-19-17-7;8-6-7-4-2-1-3-5-7;1-4(2)3;;;;/h2-10H,11H2,1H3;2-5H,1H3,(H,15,16);1-5H,6H2;1-3H3;2*1H4;;1H2/q;;;-1;;;+1;/p+1. The number of benzene rings is 2. The van der Waals surface area contributed by atoms with Crippen LogP contribution in [0.15, 0.2) is 119 Å². The van der Waals surface area contributed by atoms with Crippen molar-refractivity contribution < 1.29 is 51.6 Å². The summed E-state index contributed by atoms with van der Waals surface area (Å²) in [5, 5.41) is 20.1. The van der Waals surface area contributed by atoms with Gasteiger partial charge < -0.3 is 29.9 Å². The van der Waals surface area contributed by atoms with Crippen molar-refractivity contribution in [2.75, 3.05) is 14.2 Å². The number of halogens is 3. The molecule has 6 aromatic heterocycles. The van der Waals surface area contributed by atoms with Crippen molar-refractivity contribution in [1.29, 1.82) is 0 Å². The van der Waals surface area contributed by atoms with Crippen LogP contribution in [0.5, 0.6) is 11.8 Å². The monoisotopic (exact) mass is 897 g/mol. The number of aromatic amines is 1. The average molecular weight is 899 g/mol. The van der Waals surface area contributed by atoms with Crippen LogP contribution in [0.2, 0.25) is 0 Å². The molecule has 15 nitrogen and oxygen atoms in total. The summed E-state index contributed by atoms with van der Waals surface area (Å²) in [5.74, 6) is 0.456. The van der Waals surface area contributed by atoms with Crippen molar-refractivity contribution in [3.8, 4) is 57.6 Å². The van der Waals surface area contributed by atoms with Crippen LogP contribution in [0.1, 0.15) is 46.8 Å². The number of aromatic nitrogens is 10. The summed E-state index contributed by atoms with van der Waals surface area (Å²) in [6.07, 6.45) is 5.04. The van der Waals surface area contributed by atoms with E-state index in [0.717, 1.165) is 29.0 Å². The predicted octanol–water partition coefficient (Wildman–Crippen LogP) is 6.42. The van der Waals surface area contributed by atoms with Gasteiger partial charge in [-0.05, 0) is 23.3 Å². The van der Waals surface area contributed by atoms with Gasteiger partial charge in [-0.15, -0.1) is 0 Å². The van der Waals surface area contributed by atoms with E-state index in [2.05, 4.69) is 94.4 Å². The number of nitrogens with zero attached hydrogens (tertiary/aromatic N) is 9. The zero-order chi connectivity index (χ0) is 40.6. The largest absolute Gasteiger partial charge is 1.00 e. The molecule has 0 saturated heterocycles. The van der Waals surface area contributed by atoms with E-state index < -0.39 is 11.6 Å². The van der Waals surface area contributed by atoms with E-state index in [4.69, 9.17) is 18.5 Å². The van der Waals surface area contributed by atoms with E-state index in [0.29, 0.717) is 35.0 Å². The Morgan fingerprint density at radius 1 is 0.705 bits per heavy atom. The molecule has 0 spiro atoms. The summed E-state index contributed by atoms with van der Waals surface area (Å²) < 4.78 is 48.0. The van der Waals surface area contributed by atoms with E-state index in [-0.39, 0.29) is 62.6 Å². The molecule has 0 atom stereocenters. The van der Waals surface area contributed by atoms with Crippen LogP contribution >= 0.6 is 15.9 Å². The number of ether oxygens (including phenoxy) is 2. The second kappa shape index (κ2) is 26.9. The normalized spacial score (nSPS) is 9.72. The first kappa shape index (κ1) is 53.0. The molecular formula is C42H49BrF2LiN10O5+. The van der Waals surface area contributed by atoms with Crippen molar-refractivity contribution >= 4 is 15.9 Å². The maximum absolute atomic E-state index is 13.6. The molecule has 318 valence electrons. The molecule has 0 radical (unpaired) electrons. The van der Waals surface area contributed by atoms with E-state index in [1.54, 1.807) is 28.9 Å². The third-order valence-electron chi connectivity index (χ3n) is 7.21. The fourth-order valence-electron chi connectivity index (χ4n) is 4.68. The molecule has 8 rings (SSSR count). The smallest absolute Gasteiger partial charge is 0.479 e. The minimum atomic E-state index is -0.628. The van der Waals surface area contributed by atoms with Gasteiger partial charge in [0, 0.05) is 17.5 Å². The van der Waals surface area contributed by atoms with E-state index in [9.17, 15) is 8.78 Å². The fourth-order valence-corrected chi connectivity index (χ4v) is 5.05. The van der Waals surface area contributed by atoms with E-state index in [1.165, 1.54) is 38.2 Å². The molecule has 6 heterocycles. The summed E-state index contributed by atoms with van der Waals surface area (Å²) in [6, 6.07) is 27.1. The first-order valence-corrected chi connectivity index (χ1v) is 18.3. The van der Waals surface area contributed by atoms with Crippen molar-refractivity contribution in [2.45, 2.75) is 47.5 Å². The number of alkyl halides is 1. The van der Waals surface area contributed by atoms with Gasteiger partial charge in [0.05, 0.1) is 38.9 Å². The second-order valence-corrected chi connectivity index (χ2v) is 12.8. The van der Waals surface area contributed by atoms with Crippen LogP contribution in [0.4, 0.5) is 8.78 Å². The van der Waals surface area contributed by atoms with Gasteiger partial charge in [-0.25, -0.2) is 9.97 Å². The Morgan fingerprint density at radius 2 is 1.21 bits per heavy atom. The van der Waals surface area contributed by atoms with Crippen LogP contribution in [0, 0.1) is 17.6 Å². The number of methoxy groups -OCH3 is 2. The SMILES string of the molecule is BrCc1ccccc1.C.C.COc1nc(-c2cc(-c3ccon3)n(Cc3ccccc3)n2)ncc1F.COc1nc(-c2cc(-c3ccon3)n[nH]2)ncc1F.C[C-](C)C.[Li+].[OH3+]. The van der Waals surface area contributed by atoms with Crippen LogP contribution in [0.3, 0.4) is 0 Å². The van der Waals surface area contributed by atoms with Crippen molar-refractivity contribution in [2.24, 2.45) is 0 Å². The quantitative estimate of drug-likeness (QED) is 0.0723. The maximum atomic E-state index is 13.6. The molecule has 0 aliphatic heterocycles. The number of H-pyrrole nitrogens is 1. The third kappa shape index (κ3) is 15.5. The summed E-state index contributed by atoms with van der Waals surface area (Å²) in [4.78, 5) is 15.9. The van der Waals surface area contributed by atoms with Crippen LogP contribution < -0.4 is 28.3 Å². The number of hydrogen-bond acceptors (Lipinski definition) is 12. The zero-order valence-corrected chi connectivity index (χ0v) is 34.8. The number of rotatable bonds is 9. The Bertz CT molecular complexity index is 2380. The van der Waals surface area contributed by atoms with Gasteiger partial charge in [0.15, 0.2) is 11.6 Å². The zero-order valence-electron chi connectivity index (χ0n) is 33.2. The first-order chi connectivity index (χ1) is 27.7. The molecule has 0 bridgehead atoms. The molecule has 0 fully saturated rings. The number of hydrogen-bond donors (Lipinski definition) is 1. The molecule has 0 aliphatic carbocycles. The summed E-state index contributed by atoms with van der Waals surface area (Å²) in [7, 11) is 2.69. The predicted molar refractivity (Wildman–Crippen MR) is 230 cm³/mol. The Labute approximate surface area is 374 Å². The maximum Gasteiger partial charge on any atom is 1.00 e. The van der Waals surface area contributed by atoms with Gasteiger partial charge in [-0.2, -0.15) is 49.7 Å². The minimum Gasteiger partial charge on any atom is -0.479 e. The van der Waals surface area contributed by atoms with Crippen LogP contribution in [0.25, 0.3) is 45.8 Å². The van der Waals surface area contributed by atoms with E-state index in [1.807, 2.05) is 48.5 Å².